The number of hydrogen-bond donors (Lipinski definition) is 2. The Morgan fingerprint density at radius 1 is 1.47 bits per heavy atom. The van der Waals surface area contributed by atoms with E-state index in [1.165, 1.54) is 6.07 Å². The van der Waals surface area contributed by atoms with E-state index in [4.69, 9.17) is 16.7 Å². The highest BCUT2D eigenvalue weighted by atomic mass is 19.4. The Hall–Kier alpha value is -2.01. The zero-order valence-corrected chi connectivity index (χ0v) is 8.58. The minimum atomic E-state index is -4.88. The molecule has 1 aromatic heterocycles. The second-order valence-corrected chi connectivity index (χ2v) is 3.08. The fourth-order valence-corrected chi connectivity index (χ4v) is 1.16. The minimum absolute atomic E-state index is 0.0282. The predicted octanol–water partition coefficient (Wildman–Crippen LogP) is 1.09. The van der Waals surface area contributed by atoms with Gasteiger partial charge in [-0.05, 0) is 6.07 Å². The molecule has 0 aliphatic heterocycles. The maximum Gasteiger partial charge on any atom is 0.574 e. The summed E-state index contributed by atoms with van der Waals surface area (Å²) < 4.78 is 40.0. The van der Waals surface area contributed by atoms with Gasteiger partial charge in [-0.3, -0.25) is 0 Å². The van der Waals surface area contributed by atoms with E-state index in [-0.39, 0.29) is 29.9 Å². The van der Waals surface area contributed by atoms with Crippen LogP contribution in [0.3, 0.4) is 0 Å². The zero-order valence-electron chi connectivity index (χ0n) is 8.58. The minimum Gasteiger partial charge on any atom is -0.397 e. The third-order valence-electron chi connectivity index (χ3n) is 1.85. The average Bonchev–Trinajstić information content (AvgIpc) is 2.20. The van der Waals surface area contributed by atoms with Crippen LogP contribution < -0.4 is 16.2 Å². The van der Waals surface area contributed by atoms with Gasteiger partial charge in [0, 0.05) is 12.1 Å². The SMILES string of the molecule is N#CCc1cc(N)c(CN)nc1OC(F)(F)F. The Morgan fingerprint density at radius 3 is 2.59 bits per heavy atom. The van der Waals surface area contributed by atoms with E-state index >= 15 is 0 Å². The molecule has 0 saturated heterocycles. The Bertz CT molecular complexity index is 453. The van der Waals surface area contributed by atoms with E-state index in [0.29, 0.717) is 0 Å². The predicted molar refractivity (Wildman–Crippen MR) is 52.5 cm³/mol. The van der Waals surface area contributed by atoms with Crippen LogP contribution in [0.5, 0.6) is 5.88 Å². The van der Waals surface area contributed by atoms with Gasteiger partial charge in [0.1, 0.15) is 0 Å². The Kier molecular flexibility index (Phi) is 3.75. The van der Waals surface area contributed by atoms with E-state index in [2.05, 4.69) is 9.72 Å². The third-order valence-corrected chi connectivity index (χ3v) is 1.85. The van der Waals surface area contributed by atoms with Crippen molar-refractivity contribution in [3.05, 3.63) is 17.3 Å². The molecule has 0 fully saturated rings. The van der Waals surface area contributed by atoms with Crippen molar-refractivity contribution in [2.45, 2.75) is 19.3 Å². The fourth-order valence-electron chi connectivity index (χ4n) is 1.16. The molecule has 1 aromatic rings. The molecule has 0 bridgehead atoms. The first-order valence-electron chi connectivity index (χ1n) is 4.48. The zero-order chi connectivity index (χ0) is 13.1. The summed E-state index contributed by atoms with van der Waals surface area (Å²) in [6, 6.07) is 2.91. The molecule has 1 heterocycles. The molecule has 4 N–H and O–H groups in total. The number of rotatable bonds is 3. The standard InChI is InChI=1S/C9H9F3N4O/c10-9(11,12)17-8-5(1-2-13)3-6(15)7(4-14)16-8/h3H,1,4,14-15H2. The van der Waals surface area contributed by atoms with Crippen molar-refractivity contribution in [3.8, 4) is 11.9 Å². The van der Waals surface area contributed by atoms with Gasteiger partial charge in [0.15, 0.2) is 0 Å². The van der Waals surface area contributed by atoms with Gasteiger partial charge in [-0.15, -0.1) is 13.2 Å². The number of pyridine rings is 1. The van der Waals surface area contributed by atoms with Gasteiger partial charge in [0.05, 0.1) is 23.9 Å². The van der Waals surface area contributed by atoms with Gasteiger partial charge in [-0.1, -0.05) is 0 Å². The summed E-state index contributed by atoms with van der Waals surface area (Å²) in [6.45, 7) is -0.118. The number of alkyl halides is 3. The van der Waals surface area contributed by atoms with Crippen LogP contribution in [-0.4, -0.2) is 11.3 Å². The maximum absolute atomic E-state index is 12.1. The van der Waals surface area contributed by atoms with Crippen LogP contribution in [0.2, 0.25) is 0 Å². The molecular formula is C9H9F3N4O. The van der Waals surface area contributed by atoms with Crippen LogP contribution in [0, 0.1) is 11.3 Å². The molecule has 0 aliphatic carbocycles. The first-order chi connectivity index (χ1) is 7.87. The number of nitriles is 1. The molecule has 0 spiro atoms. The van der Waals surface area contributed by atoms with Crippen LogP contribution in [0.1, 0.15) is 11.3 Å². The van der Waals surface area contributed by atoms with Crippen LogP contribution in [-0.2, 0) is 13.0 Å². The summed E-state index contributed by atoms with van der Waals surface area (Å²) in [6.07, 6.45) is -5.16. The lowest BCUT2D eigenvalue weighted by Gasteiger charge is -2.13. The van der Waals surface area contributed by atoms with Gasteiger partial charge >= 0.3 is 6.36 Å². The van der Waals surface area contributed by atoms with Crippen molar-refractivity contribution in [2.24, 2.45) is 5.73 Å². The van der Waals surface area contributed by atoms with Crippen molar-refractivity contribution < 1.29 is 17.9 Å². The number of nitrogens with two attached hydrogens (primary N) is 2. The number of halogens is 3. The molecule has 1 rings (SSSR count). The molecule has 92 valence electrons. The first-order valence-corrected chi connectivity index (χ1v) is 4.48. The highest BCUT2D eigenvalue weighted by molar-refractivity contribution is 5.49. The number of ether oxygens (including phenoxy) is 1. The van der Waals surface area contributed by atoms with E-state index < -0.39 is 12.2 Å². The van der Waals surface area contributed by atoms with Crippen LogP contribution in [0.4, 0.5) is 18.9 Å². The Balaban J connectivity index is 3.20. The van der Waals surface area contributed by atoms with Gasteiger partial charge in [0.2, 0.25) is 5.88 Å². The number of hydrogen-bond acceptors (Lipinski definition) is 5. The lowest BCUT2D eigenvalue weighted by atomic mass is 10.1. The van der Waals surface area contributed by atoms with Crippen molar-refractivity contribution in [2.75, 3.05) is 5.73 Å². The molecule has 0 unspecified atom stereocenters. The van der Waals surface area contributed by atoms with E-state index in [1.807, 2.05) is 0 Å². The monoisotopic (exact) mass is 246 g/mol. The first kappa shape index (κ1) is 13.1. The molecule has 0 amide bonds. The van der Waals surface area contributed by atoms with E-state index in [0.717, 1.165) is 0 Å². The van der Waals surface area contributed by atoms with Crippen LogP contribution in [0.15, 0.2) is 6.07 Å². The largest absolute Gasteiger partial charge is 0.574 e. The number of nitrogen functional groups attached to an aromatic ring is 1. The molecule has 0 aromatic carbocycles. The van der Waals surface area contributed by atoms with E-state index in [1.54, 1.807) is 6.07 Å². The normalized spacial score (nSPS) is 11.0. The molecule has 8 heteroatoms. The summed E-state index contributed by atoms with van der Waals surface area (Å²) in [4.78, 5) is 3.55. The third kappa shape index (κ3) is 3.49. The summed E-state index contributed by atoms with van der Waals surface area (Å²) in [5.41, 5.74) is 11.0. The smallest absolute Gasteiger partial charge is 0.397 e. The molecule has 0 aliphatic rings. The van der Waals surface area contributed by atoms with Crippen molar-refractivity contribution in [1.29, 1.82) is 5.26 Å². The van der Waals surface area contributed by atoms with E-state index in [9.17, 15) is 13.2 Å². The molecule has 17 heavy (non-hydrogen) atoms. The van der Waals surface area contributed by atoms with Gasteiger partial charge < -0.3 is 16.2 Å². The molecule has 0 atom stereocenters. The van der Waals surface area contributed by atoms with Crippen molar-refractivity contribution in [1.82, 2.24) is 4.98 Å². The van der Waals surface area contributed by atoms with Gasteiger partial charge in [0.25, 0.3) is 0 Å². The lowest BCUT2D eigenvalue weighted by Crippen LogP contribution is -2.20. The summed E-state index contributed by atoms with van der Waals surface area (Å²) in [7, 11) is 0. The number of anilines is 1. The Labute approximate surface area is 94.8 Å². The molecule has 5 nitrogen and oxygen atoms in total. The second kappa shape index (κ2) is 4.88. The lowest BCUT2D eigenvalue weighted by molar-refractivity contribution is -0.276. The van der Waals surface area contributed by atoms with Gasteiger partial charge in [-0.25, -0.2) is 4.98 Å². The number of nitrogens with zero attached hydrogens (tertiary/aromatic N) is 2. The second-order valence-electron chi connectivity index (χ2n) is 3.08. The van der Waals surface area contributed by atoms with Gasteiger partial charge in [-0.2, -0.15) is 5.26 Å². The molecule has 0 saturated carbocycles. The molecule has 0 radical (unpaired) electrons. The average molecular weight is 246 g/mol. The van der Waals surface area contributed by atoms with Crippen molar-refractivity contribution >= 4 is 5.69 Å². The highest BCUT2D eigenvalue weighted by Crippen LogP contribution is 2.27. The Morgan fingerprint density at radius 2 is 2.12 bits per heavy atom. The fraction of sp³-hybridized carbons (Fsp3) is 0.333. The maximum atomic E-state index is 12.1. The van der Waals surface area contributed by atoms with Crippen LogP contribution >= 0.6 is 0 Å². The van der Waals surface area contributed by atoms with Crippen molar-refractivity contribution in [3.63, 3.8) is 0 Å². The summed E-state index contributed by atoms with van der Waals surface area (Å²) >= 11 is 0. The quantitative estimate of drug-likeness (QED) is 0.831. The number of aromatic nitrogens is 1. The topological polar surface area (TPSA) is 98.0 Å². The summed E-state index contributed by atoms with van der Waals surface area (Å²) in [5, 5.41) is 8.48. The highest BCUT2D eigenvalue weighted by Gasteiger charge is 2.33. The summed E-state index contributed by atoms with van der Waals surface area (Å²) in [5.74, 6) is -0.686. The van der Waals surface area contributed by atoms with Crippen LogP contribution in [0.25, 0.3) is 0 Å². The molecular weight excluding hydrogens is 237 g/mol.